The summed E-state index contributed by atoms with van der Waals surface area (Å²) >= 11 is 5.50. The summed E-state index contributed by atoms with van der Waals surface area (Å²) in [6.07, 6.45) is 5.79. The van der Waals surface area contributed by atoms with E-state index in [1.165, 1.54) is 5.56 Å². The summed E-state index contributed by atoms with van der Waals surface area (Å²) < 4.78 is 5.62. The molecule has 2 heterocycles. The van der Waals surface area contributed by atoms with Crippen LogP contribution in [-0.2, 0) is 16.0 Å². The minimum absolute atomic E-state index is 0.145. The molecule has 2 aliphatic rings. The molecule has 142 valence electrons. The molecule has 0 aliphatic carbocycles. The third kappa shape index (κ3) is 5.95. The fourth-order valence-corrected chi connectivity index (χ4v) is 3.81. The number of aryl methyl sites for hydroxylation is 1. The fourth-order valence-electron chi connectivity index (χ4n) is 3.55. The van der Waals surface area contributed by atoms with E-state index in [1.54, 1.807) is 0 Å². The van der Waals surface area contributed by atoms with E-state index in [9.17, 15) is 4.79 Å². The molecular weight excluding hydrogens is 346 g/mol. The highest BCUT2D eigenvalue weighted by molar-refractivity contribution is 7.80. The Hall–Kier alpha value is -1.66. The van der Waals surface area contributed by atoms with Gasteiger partial charge in [0.2, 0.25) is 5.91 Å². The third-order valence-electron chi connectivity index (χ3n) is 5.14. The topological polar surface area (TPSA) is 53.6 Å². The molecule has 0 radical (unpaired) electrons. The molecule has 1 unspecified atom stereocenters. The summed E-state index contributed by atoms with van der Waals surface area (Å²) in [5.41, 5.74) is 1.21. The molecule has 0 bridgehead atoms. The monoisotopic (exact) mass is 375 g/mol. The first kappa shape index (κ1) is 19.1. The summed E-state index contributed by atoms with van der Waals surface area (Å²) in [5, 5.41) is 7.32. The Morgan fingerprint density at radius 3 is 2.65 bits per heavy atom. The van der Waals surface area contributed by atoms with Gasteiger partial charge in [-0.25, -0.2) is 0 Å². The second kappa shape index (κ2) is 9.88. The van der Waals surface area contributed by atoms with Gasteiger partial charge in [0, 0.05) is 38.7 Å². The lowest BCUT2D eigenvalue weighted by Crippen LogP contribution is -2.50. The molecule has 3 rings (SSSR count). The van der Waals surface area contributed by atoms with E-state index in [-0.39, 0.29) is 11.9 Å². The van der Waals surface area contributed by atoms with Crippen LogP contribution in [-0.4, -0.2) is 54.3 Å². The van der Waals surface area contributed by atoms with Gasteiger partial charge < -0.3 is 20.3 Å². The van der Waals surface area contributed by atoms with Crippen LogP contribution in [0.5, 0.6) is 0 Å². The fraction of sp³-hybridized carbons (Fsp3) is 0.600. The van der Waals surface area contributed by atoms with Crippen LogP contribution in [0.2, 0.25) is 0 Å². The van der Waals surface area contributed by atoms with Crippen molar-refractivity contribution < 1.29 is 9.53 Å². The first-order valence-corrected chi connectivity index (χ1v) is 10.1. The number of likely N-dealkylation sites (tertiary alicyclic amines) is 1. The molecule has 2 N–H and O–H groups in total. The molecule has 0 saturated carbocycles. The third-order valence-corrected chi connectivity index (χ3v) is 5.54. The zero-order chi connectivity index (χ0) is 18.2. The lowest BCUT2D eigenvalue weighted by molar-refractivity contribution is -0.122. The predicted molar refractivity (Wildman–Crippen MR) is 107 cm³/mol. The van der Waals surface area contributed by atoms with Crippen molar-refractivity contribution in [3.8, 4) is 0 Å². The highest BCUT2D eigenvalue weighted by Crippen LogP contribution is 2.13. The van der Waals surface area contributed by atoms with Crippen molar-refractivity contribution >= 4 is 23.2 Å². The van der Waals surface area contributed by atoms with Crippen molar-refractivity contribution in [3.05, 3.63) is 35.9 Å². The van der Waals surface area contributed by atoms with Crippen molar-refractivity contribution in [1.29, 1.82) is 0 Å². The van der Waals surface area contributed by atoms with E-state index in [0.717, 1.165) is 63.5 Å². The summed E-state index contributed by atoms with van der Waals surface area (Å²) in [6, 6.07) is 10.4. The zero-order valence-corrected chi connectivity index (χ0v) is 16.1. The Labute approximate surface area is 161 Å². The van der Waals surface area contributed by atoms with Crippen LogP contribution >= 0.6 is 12.2 Å². The van der Waals surface area contributed by atoms with Crippen molar-refractivity contribution in [1.82, 2.24) is 15.5 Å². The van der Waals surface area contributed by atoms with Gasteiger partial charge in [0.05, 0.1) is 6.10 Å². The highest BCUT2D eigenvalue weighted by atomic mass is 32.1. The number of nitrogens with one attached hydrogen (secondary N) is 2. The van der Waals surface area contributed by atoms with Gasteiger partial charge in [-0.2, -0.15) is 0 Å². The lowest BCUT2D eigenvalue weighted by atomic mass is 10.0. The Balaban J connectivity index is 1.31. The summed E-state index contributed by atoms with van der Waals surface area (Å²) in [6.45, 7) is 3.45. The molecule has 0 spiro atoms. The van der Waals surface area contributed by atoms with Gasteiger partial charge in [0.1, 0.15) is 0 Å². The Morgan fingerprint density at radius 1 is 1.19 bits per heavy atom. The Bertz CT molecular complexity index is 582. The van der Waals surface area contributed by atoms with E-state index in [4.69, 9.17) is 17.0 Å². The average Bonchev–Trinajstić information content (AvgIpc) is 3.19. The maximum Gasteiger partial charge on any atom is 0.220 e. The molecular formula is C20H29N3O2S. The Kier molecular flexibility index (Phi) is 7.26. The standard InChI is InChI=1S/C20H29N3O2S/c24-19(9-8-16-5-2-1-3-6-16)22-17-10-12-23(13-11-17)20(26)21-15-18-7-4-14-25-18/h1-3,5-6,17-18H,4,7-15H2,(H,21,26)(H,22,24). The minimum atomic E-state index is 0.145. The first-order valence-electron chi connectivity index (χ1n) is 9.68. The number of carbonyl (C=O) groups is 1. The van der Waals surface area contributed by atoms with Gasteiger partial charge in [0.15, 0.2) is 5.11 Å². The number of ether oxygens (including phenoxy) is 1. The number of nitrogens with zero attached hydrogens (tertiary/aromatic N) is 1. The molecule has 2 fully saturated rings. The number of piperidine rings is 1. The van der Waals surface area contributed by atoms with Crippen molar-refractivity contribution in [2.75, 3.05) is 26.2 Å². The van der Waals surface area contributed by atoms with E-state index in [2.05, 4.69) is 27.7 Å². The molecule has 5 nitrogen and oxygen atoms in total. The van der Waals surface area contributed by atoms with Crippen LogP contribution in [0.4, 0.5) is 0 Å². The summed E-state index contributed by atoms with van der Waals surface area (Å²) in [4.78, 5) is 14.4. The number of amides is 1. The van der Waals surface area contributed by atoms with Crippen molar-refractivity contribution in [3.63, 3.8) is 0 Å². The maximum atomic E-state index is 12.2. The Morgan fingerprint density at radius 2 is 1.96 bits per heavy atom. The molecule has 1 aromatic rings. The van der Waals surface area contributed by atoms with Gasteiger partial charge in [-0.1, -0.05) is 30.3 Å². The summed E-state index contributed by atoms with van der Waals surface area (Å²) in [7, 11) is 0. The molecule has 1 atom stereocenters. The molecule has 1 amide bonds. The van der Waals surface area contributed by atoms with Gasteiger partial charge in [-0.3, -0.25) is 4.79 Å². The smallest absolute Gasteiger partial charge is 0.220 e. The molecule has 0 aromatic heterocycles. The predicted octanol–water partition coefficient (Wildman–Crippen LogP) is 2.25. The van der Waals surface area contributed by atoms with E-state index in [0.29, 0.717) is 12.5 Å². The molecule has 2 aliphatic heterocycles. The van der Waals surface area contributed by atoms with Crippen LogP contribution in [0.15, 0.2) is 30.3 Å². The quantitative estimate of drug-likeness (QED) is 0.747. The van der Waals surface area contributed by atoms with Crippen molar-refractivity contribution in [2.45, 2.75) is 50.7 Å². The second-order valence-corrected chi connectivity index (χ2v) is 7.52. The lowest BCUT2D eigenvalue weighted by Gasteiger charge is -2.34. The largest absolute Gasteiger partial charge is 0.376 e. The number of benzene rings is 1. The van der Waals surface area contributed by atoms with Crippen molar-refractivity contribution in [2.24, 2.45) is 0 Å². The minimum Gasteiger partial charge on any atom is -0.376 e. The number of hydrogen-bond acceptors (Lipinski definition) is 3. The maximum absolute atomic E-state index is 12.2. The average molecular weight is 376 g/mol. The number of hydrogen-bond donors (Lipinski definition) is 2. The number of carbonyl (C=O) groups excluding carboxylic acids is 1. The van der Waals surface area contributed by atoms with E-state index in [1.807, 2.05) is 18.2 Å². The van der Waals surface area contributed by atoms with Gasteiger partial charge in [-0.15, -0.1) is 0 Å². The number of rotatable bonds is 6. The van der Waals surface area contributed by atoms with Crippen LogP contribution in [0.3, 0.4) is 0 Å². The molecule has 26 heavy (non-hydrogen) atoms. The molecule has 2 saturated heterocycles. The number of thiocarbonyl (C=S) groups is 1. The summed E-state index contributed by atoms with van der Waals surface area (Å²) in [5.74, 6) is 0.145. The van der Waals surface area contributed by atoms with E-state index >= 15 is 0 Å². The van der Waals surface area contributed by atoms with E-state index < -0.39 is 0 Å². The van der Waals surface area contributed by atoms with Crippen LogP contribution in [0, 0.1) is 0 Å². The van der Waals surface area contributed by atoms with Crippen LogP contribution < -0.4 is 10.6 Å². The normalized spacial score (nSPS) is 20.8. The van der Waals surface area contributed by atoms with Crippen LogP contribution in [0.1, 0.15) is 37.7 Å². The van der Waals surface area contributed by atoms with Gasteiger partial charge >= 0.3 is 0 Å². The van der Waals surface area contributed by atoms with Gasteiger partial charge in [0.25, 0.3) is 0 Å². The molecule has 1 aromatic carbocycles. The SMILES string of the molecule is O=C(CCc1ccccc1)NC1CCN(C(=S)NCC2CCCO2)CC1. The zero-order valence-electron chi connectivity index (χ0n) is 15.3. The molecule has 6 heteroatoms. The highest BCUT2D eigenvalue weighted by Gasteiger charge is 2.23. The second-order valence-electron chi connectivity index (χ2n) is 7.14. The van der Waals surface area contributed by atoms with Crippen LogP contribution in [0.25, 0.3) is 0 Å². The first-order chi connectivity index (χ1) is 12.7. The van der Waals surface area contributed by atoms with Gasteiger partial charge in [-0.05, 0) is 49.9 Å².